The fourth-order valence-corrected chi connectivity index (χ4v) is 12.3. The maximum atomic E-state index is 12.3. The average Bonchev–Trinajstić information content (AvgIpc) is 1.71. The summed E-state index contributed by atoms with van der Waals surface area (Å²) in [6.45, 7) is 15.8. The van der Waals surface area contributed by atoms with Gasteiger partial charge in [-0.25, -0.2) is 18.7 Å². The zero-order chi connectivity index (χ0) is 87.1. The second-order valence-corrected chi connectivity index (χ2v) is 29.3. The molecule has 0 bridgehead atoms. The van der Waals surface area contributed by atoms with E-state index in [9.17, 15) is 19.2 Å². The second kappa shape index (κ2) is 59.3. The van der Waals surface area contributed by atoms with Gasteiger partial charge in [0.1, 0.15) is 43.6 Å². The van der Waals surface area contributed by atoms with Crippen LogP contribution in [-0.4, -0.2) is 260 Å². The molecule has 4 aromatic carbocycles. The van der Waals surface area contributed by atoms with E-state index in [1.807, 2.05) is 101 Å². The third-order valence-corrected chi connectivity index (χ3v) is 19.0. The summed E-state index contributed by atoms with van der Waals surface area (Å²) in [5.74, 6) is 2.73. The van der Waals surface area contributed by atoms with Crippen molar-refractivity contribution < 1.29 is 99.7 Å². The van der Waals surface area contributed by atoms with E-state index in [2.05, 4.69) is 72.6 Å². The Hall–Kier alpha value is -9.58. The third-order valence-electron chi connectivity index (χ3n) is 19.0. The highest BCUT2D eigenvalue weighted by Crippen LogP contribution is 2.33. The van der Waals surface area contributed by atoms with Crippen molar-refractivity contribution in [1.82, 2.24) is 60.0 Å². The highest BCUT2D eigenvalue weighted by atomic mass is 16.6. The normalized spacial score (nSPS) is 11.9. The highest BCUT2D eigenvalue weighted by molar-refractivity contribution is 6.09. The van der Waals surface area contributed by atoms with E-state index in [1.54, 1.807) is 43.0 Å². The molecular formula is C86H126B4N12O21. The molecule has 4 heterocycles. The molecule has 0 saturated heterocycles. The first kappa shape index (κ1) is 98.9. The number of carbonyl (C=O) groups is 4. The number of esters is 4. The lowest BCUT2D eigenvalue weighted by Crippen LogP contribution is -2.32. The Kier molecular flexibility index (Phi) is 47.7. The van der Waals surface area contributed by atoms with E-state index in [4.69, 9.17) is 80.5 Å². The largest absolute Gasteiger partial charge is 0.490 e. The topological polar surface area (TPSA) is 348 Å². The summed E-state index contributed by atoms with van der Waals surface area (Å²) in [6, 6.07) is 22.6. The molecular weight excluding hydrogens is 1580 g/mol. The summed E-state index contributed by atoms with van der Waals surface area (Å²) in [5, 5.41) is 34.7. The van der Waals surface area contributed by atoms with Gasteiger partial charge in [-0.05, 0) is 126 Å². The average molecular weight is 1710 g/mol. The van der Waals surface area contributed by atoms with Crippen LogP contribution >= 0.6 is 0 Å². The van der Waals surface area contributed by atoms with Gasteiger partial charge in [-0.3, -0.25) is 19.2 Å². The van der Waals surface area contributed by atoms with E-state index in [-0.39, 0.29) is 89.9 Å². The lowest BCUT2D eigenvalue weighted by atomic mass is 9.97. The van der Waals surface area contributed by atoms with Crippen LogP contribution in [0.5, 0.6) is 46.0 Å². The summed E-state index contributed by atoms with van der Waals surface area (Å²) in [6.07, 6.45) is 19.3. The molecule has 0 saturated carbocycles. The second-order valence-electron chi connectivity index (χ2n) is 29.3. The zero-order valence-electron chi connectivity index (χ0n) is 73.4. The molecule has 0 aliphatic rings. The van der Waals surface area contributed by atoms with Crippen LogP contribution < -0.4 is 37.9 Å². The van der Waals surface area contributed by atoms with Crippen LogP contribution in [0.2, 0.25) is 0 Å². The Morgan fingerprint density at radius 2 is 0.545 bits per heavy atom. The molecule has 8 rings (SSSR count). The number of hydrogen-bond acceptors (Lipinski definition) is 29. The lowest BCUT2D eigenvalue weighted by molar-refractivity contribution is -0.135. The van der Waals surface area contributed by atoms with Gasteiger partial charge in [0.2, 0.25) is 0 Å². The smallest absolute Gasteiger partial charge is 0.311 e. The number of aromatic nitrogens is 12. The summed E-state index contributed by atoms with van der Waals surface area (Å²) in [5.41, 5.74) is 7.61. The van der Waals surface area contributed by atoms with Crippen LogP contribution in [0, 0.1) is 0 Å². The Bertz CT molecular complexity index is 4040. The van der Waals surface area contributed by atoms with Crippen molar-refractivity contribution in [2.24, 2.45) is 0 Å². The fraction of sp³-hybridized carbons (Fsp3) is 0.581. The van der Waals surface area contributed by atoms with Crippen LogP contribution in [0.15, 0.2) is 97.6 Å². The van der Waals surface area contributed by atoms with Crippen LogP contribution in [0.4, 0.5) is 0 Å². The lowest BCUT2D eigenvalue weighted by Gasteiger charge is -2.22. The number of nitrogens with zero attached hydrogens (tertiary/aromatic N) is 12. The van der Waals surface area contributed by atoms with Crippen LogP contribution in [0.25, 0.3) is 0 Å². The first-order valence-corrected chi connectivity index (χ1v) is 43.9. The van der Waals surface area contributed by atoms with Gasteiger partial charge in [0.25, 0.3) is 0 Å². The van der Waals surface area contributed by atoms with Crippen molar-refractivity contribution in [3.8, 4) is 46.0 Å². The van der Waals surface area contributed by atoms with Crippen LogP contribution in [-0.2, 0) is 139 Å². The van der Waals surface area contributed by atoms with Gasteiger partial charge < -0.3 is 80.5 Å². The molecule has 8 aromatic rings. The molecule has 33 nitrogen and oxygen atoms in total. The predicted octanol–water partition coefficient (Wildman–Crippen LogP) is 6.44. The van der Waals surface area contributed by atoms with Crippen molar-refractivity contribution in [3.63, 3.8) is 0 Å². The van der Waals surface area contributed by atoms with Gasteiger partial charge in [0.15, 0.2) is 46.0 Å². The van der Waals surface area contributed by atoms with E-state index >= 15 is 0 Å². The monoisotopic (exact) mass is 1710 g/mol. The van der Waals surface area contributed by atoms with Crippen molar-refractivity contribution in [2.75, 3.05) is 132 Å². The summed E-state index contributed by atoms with van der Waals surface area (Å²) in [4.78, 5) is 49.2. The third kappa shape index (κ3) is 39.4. The van der Waals surface area contributed by atoms with E-state index < -0.39 is 12.2 Å². The molecule has 0 fully saturated rings. The molecule has 4 aromatic heterocycles. The zero-order valence-corrected chi connectivity index (χ0v) is 73.4. The molecule has 668 valence electrons. The Morgan fingerprint density at radius 1 is 0.301 bits per heavy atom. The predicted molar refractivity (Wildman–Crippen MR) is 467 cm³/mol. The van der Waals surface area contributed by atoms with Crippen molar-refractivity contribution in [2.45, 2.75) is 194 Å². The molecule has 0 amide bonds. The number of aryl methyl sites for hydroxylation is 4. The molecule has 0 spiro atoms. The van der Waals surface area contributed by atoms with Gasteiger partial charge in [-0.1, -0.05) is 120 Å². The number of benzene rings is 4. The molecule has 123 heavy (non-hydrogen) atoms. The minimum absolute atomic E-state index is 0.162. The Morgan fingerprint density at radius 3 is 0.797 bits per heavy atom. The number of ether oxygens (including phenoxy) is 17. The van der Waals surface area contributed by atoms with Crippen molar-refractivity contribution in [3.05, 3.63) is 143 Å². The maximum Gasteiger partial charge on any atom is 0.311 e. The first-order chi connectivity index (χ1) is 60.2. The SMILES string of the molecule is BCc1ccc(OC(=O)CCC)c(OCCCc2cn(CCOCCOCC(COCC(COCCOCCn3cc(CCCOc4cc(CB)ccc4OC(=O)CCC)nn3)OCCOCCn3cc(CCCOc4cc(CB)ccc4OC(=O)CCC)nn3)OCCOCCn3cc(CCCOc4cc(CB)ccc4OC(=O)CCC)nn3)nn2)c1. The van der Waals surface area contributed by atoms with Crippen molar-refractivity contribution in [1.29, 1.82) is 0 Å². The van der Waals surface area contributed by atoms with Gasteiger partial charge in [0.05, 0.1) is 181 Å². The number of hydrogen-bond donors (Lipinski definition) is 0. The molecule has 2 atom stereocenters. The van der Waals surface area contributed by atoms with Crippen LogP contribution in [0.3, 0.4) is 0 Å². The molecule has 2 unspecified atom stereocenters. The first-order valence-electron chi connectivity index (χ1n) is 43.9. The minimum Gasteiger partial charge on any atom is -0.490 e. The van der Waals surface area contributed by atoms with Gasteiger partial charge in [-0.2, -0.15) is 0 Å². The fourth-order valence-electron chi connectivity index (χ4n) is 12.3. The van der Waals surface area contributed by atoms with E-state index in [1.165, 1.54) is 0 Å². The minimum atomic E-state index is -0.495. The Balaban J connectivity index is 0.798. The van der Waals surface area contributed by atoms with Crippen LogP contribution in [0.1, 0.15) is 150 Å². The Labute approximate surface area is 726 Å². The molecule has 0 N–H and O–H groups in total. The van der Waals surface area contributed by atoms with E-state index in [0.717, 1.165) is 70.3 Å². The van der Waals surface area contributed by atoms with Crippen molar-refractivity contribution >= 4 is 55.3 Å². The molecule has 0 radical (unpaired) electrons. The summed E-state index contributed by atoms with van der Waals surface area (Å²) in [7, 11) is 8.26. The highest BCUT2D eigenvalue weighted by Gasteiger charge is 2.20. The maximum absolute atomic E-state index is 12.3. The molecule has 0 aliphatic heterocycles. The van der Waals surface area contributed by atoms with Gasteiger partial charge in [-0.15, -0.1) is 20.4 Å². The summed E-state index contributed by atoms with van der Waals surface area (Å²) < 4.78 is 109. The van der Waals surface area contributed by atoms with Gasteiger partial charge in [0, 0.05) is 50.5 Å². The van der Waals surface area contributed by atoms with E-state index in [0.29, 0.717) is 241 Å². The summed E-state index contributed by atoms with van der Waals surface area (Å²) >= 11 is 0. The standard InChI is InChI=1S/C86H126B4N12O21/c1-5-13-83(103)120-75-25-21-65(53-87)49-79(75)116-33-9-17-69-57-99(95-91-69)29-37-107-41-43-111-61-73(114-47-45-109-39-31-101-59-71(93-97-101)19-11-35-118-81-51-67(55-89)23-27-77(81)122-85(105)15-7-3)63-113-64-74(115-48-46-110-40-32-102-60-72(94-98-102)20-12-36-119-82-52-68(56-90)24-28-78(82)123-86(106)16-8-4)62-112-44-42-108-38-30-100-58-70(92-96-100)18-10-34-117-80-50-66(54-88)22-26-76(80)121-84(104)14-6-2/h21-28,49-52,57-60,73-74H,5-20,29-48,53-56,61-64,87-90H2,1-4H3. The number of carbonyl (C=O) groups excluding carboxylic acids is 4. The quantitative estimate of drug-likeness (QED) is 0.0171. The molecule has 37 heteroatoms. The van der Waals surface area contributed by atoms with Gasteiger partial charge >= 0.3 is 23.9 Å². The molecule has 0 aliphatic carbocycles. The number of rotatable bonds is 70.